The smallest absolute Gasteiger partial charge is 0.327 e. The summed E-state index contributed by atoms with van der Waals surface area (Å²) in [6.07, 6.45) is 6.46. The van der Waals surface area contributed by atoms with Gasteiger partial charge in [0.25, 0.3) is 5.91 Å². The number of ether oxygens (including phenoxy) is 1. The Morgan fingerprint density at radius 3 is 2.71 bits per heavy atom. The summed E-state index contributed by atoms with van der Waals surface area (Å²) >= 11 is 5.90. The van der Waals surface area contributed by atoms with Gasteiger partial charge in [-0.1, -0.05) is 11.6 Å². The van der Waals surface area contributed by atoms with Gasteiger partial charge >= 0.3 is 5.82 Å². The van der Waals surface area contributed by atoms with Crippen molar-refractivity contribution >= 4 is 23.1 Å². The van der Waals surface area contributed by atoms with Crippen LogP contribution in [-0.4, -0.2) is 65.2 Å². The number of aromatic nitrogens is 2. The molecule has 180 valence electrons. The van der Waals surface area contributed by atoms with Crippen molar-refractivity contribution in [1.82, 2.24) is 14.8 Å². The molecular weight excluding hydrogens is 464 g/mol. The van der Waals surface area contributed by atoms with Gasteiger partial charge in [0.2, 0.25) is 0 Å². The number of amides is 1. The molecule has 0 radical (unpaired) electrons. The lowest BCUT2D eigenvalue weighted by atomic mass is 9.99. The van der Waals surface area contributed by atoms with Crippen LogP contribution in [0, 0.1) is 5.82 Å². The van der Waals surface area contributed by atoms with Gasteiger partial charge < -0.3 is 15.4 Å². The van der Waals surface area contributed by atoms with Crippen molar-refractivity contribution in [2.75, 3.05) is 26.3 Å². The molecule has 3 aliphatic rings. The lowest BCUT2D eigenvalue weighted by Gasteiger charge is -2.38. The first-order valence-electron chi connectivity index (χ1n) is 11.5. The quantitative estimate of drug-likeness (QED) is 0.673. The Labute approximate surface area is 201 Å². The molecule has 34 heavy (non-hydrogen) atoms. The first-order valence-corrected chi connectivity index (χ1v) is 11.9. The van der Waals surface area contributed by atoms with Crippen LogP contribution in [0.2, 0.25) is 5.02 Å². The number of rotatable bonds is 6. The van der Waals surface area contributed by atoms with Crippen LogP contribution >= 0.6 is 11.6 Å². The SMILES string of the molecule is NC1=C(c2ncc(Cl)c[nH+]2)CN(C(=O)c2ccc(F)cc2OC2C[C@H]3CC[C@@H](C2)N3CCF)C1. The molecule has 1 amide bonds. The number of halogens is 3. The van der Waals surface area contributed by atoms with Gasteiger partial charge in [-0.15, -0.1) is 0 Å². The second-order valence-corrected chi connectivity index (χ2v) is 9.55. The second kappa shape index (κ2) is 9.46. The molecule has 3 aliphatic heterocycles. The van der Waals surface area contributed by atoms with E-state index in [1.54, 1.807) is 11.1 Å². The topological polar surface area (TPSA) is 85.8 Å². The fourth-order valence-electron chi connectivity index (χ4n) is 5.43. The molecule has 1 aromatic carbocycles. The summed E-state index contributed by atoms with van der Waals surface area (Å²) in [4.78, 5) is 24.5. The molecule has 3 N–H and O–H groups in total. The van der Waals surface area contributed by atoms with Gasteiger partial charge in [0, 0.05) is 30.4 Å². The average molecular weight is 491 g/mol. The van der Waals surface area contributed by atoms with Gasteiger partial charge in [0.15, 0.2) is 6.20 Å². The molecule has 0 spiro atoms. The fourth-order valence-corrected chi connectivity index (χ4v) is 5.53. The Hall–Kier alpha value is -2.78. The largest absolute Gasteiger partial charge is 0.489 e. The Balaban J connectivity index is 1.31. The van der Waals surface area contributed by atoms with Gasteiger partial charge in [-0.25, -0.2) is 13.8 Å². The Morgan fingerprint density at radius 2 is 2.03 bits per heavy atom. The number of H-pyrrole nitrogens is 1. The fraction of sp³-hybridized carbons (Fsp3) is 0.458. The number of nitrogens with two attached hydrogens (primary N) is 1. The predicted octanol–water partition coefficient (Wildman–Crippen LogP) is 2.86. The third-order valence-electron chi connectivity index (χ3n) is 6.99. The molecular formula is C24H27ClF2N5O2+. The lowest BCUT2D eigenvalue weighted by molar-refractivity contribution is -0.386. The van der Waals surface area contributed by atoms with Crippen molar-refractivity contribution in [3.8, 4) is 5.75 Å². The summed E-state index contributed by atoms with van der Waals surface area (Å²) in [5.74, 6) is 0.0173. The molecule has 7 nitrogen and oxygen atoms in total. The monoisotopic (exact) mass is 490 g/mol. The van der Waals surface area contributed by atoms with E-state index in [0.29, 0.717) is 34.2 Å². The molecule has 2 bridgehead atoms. The average Bonchev–Trinajstić information content (AvgIpc) is 3.30. The molecule has 1 unspecified atom stereocenters. The van der Waals surface area contributed by atoms with Crippen molar-refractivity contribution in [3.05, 3.63) is 58.5 Å². The van der Waals surface area contributed by atoms with Crippen LogP contribution in [0.1, 0.15) is 41.9 Å². The van der Waals surface area contributed by atoms with Crippen molar-refractivity contribution in [2.24, 2.45) is 5.73 Å². The number of fused-ring (bicyclic) bond motifs is 2. The van der Waals surface area contributed by atoms with E-state index >= 15 is 0 Å². The summed E-state index contributed by atoms with van der Waals surface area (Å²) < 4.78 is 33.3. The van der Waals surface area contributed by atoms with Crippen LogP contribution in [-0.2, 0) is 0 Å². The van der Waals surface area contributed by atoms with Gasteiger partial charge in [0.1, 0.15) is 35.6 Å². The van der Waals surface area contributed by atoms with E-state index in [-0.39, 0.29) is 49.6 Å². The Kier molecular flexibility index (Phi) is 6.40. The van der Waals surface area contributed by atoms with Crippen molar-refractivity contribution in [1.29, 1.82) is 0 Å². The number of nitrogens with zero attached hydrogens (tertiary/aromatic N) is 3. The zero-order valence-electron chi connectivity index (χ0n) is 18.6. The summed E-state index contributed by atoms with van der Waals surface area (Å²) in [6.45, 7) is 0.573. The van der Waals surface area contributed by atoms with E-state index in [1.807, 2.05) is 0 Å². The standard InChI is InChI=1S/C24H26ClF2N5O2/c25-14-10-29-23(30-11-14)20-12-31(13-21(20)28)24(33)19-4-1-15(27)7-22(19)34-18-8-16-2-3-17(9-18)32(16)6-5-26/h1,4,7,10-11,16-18H,2-3,5-6,8-9,12-13,28H2/p+1/t16-,17+,18?. The number of benzene rings is 1. The van der Waals surface area contributed by atoms with Crippen LogP contribution in [0.5, 0.6) is 5.75 Å². The van der Waals surface area contributed by atoms with Crippen LogP contribution in [0.4, 0.5) is 8.78 Å². The van der Waals surface area contributed by atoms with Crippen LogP contribution in [0.25, 0.3) is 5.57 Å². The first-order chi connectivity index (χ1) is 16.4. The van der Waals surface area contributed by atoms with Crippen LogP contribution in [0.3, 0.4) is 0 Å². The molecule has 0 aliphatic carbocycles. The van der Waals surface area contributed by atoms with E-state index < -0.39 is 5.82 Å². The minimum absolute atomic E-state index is 0.146. The van der Waals surface area contributed by atoms with Gasteiger partial charge in [-0.3, -0.25) is 9.69 Å². The van der Waals surface area contributed by atoms with Gasteiger partial charge in [-0.05, 0) is 42.8 Å². The van der Waals surface area contributed by atoms with Crippen LogP contribution < -0.4 is 15.5 Å². The Morgan fingerprint density at radius 1 is 1.26 bits per heavy atom. The van der Waals surface area contributed by atoms with Crippen molar-refractivity contribution in [2.45, 2.75) is 43.9 Å². The zero-order chi connectivity index (χ0) is 23.8. The third-order valence-corrected chi connectivity index (χ3v) is 7.19. The molecule has 0 saturated carbocycles. The maximum Gasteiger partial charge on any atom is 0.327 e. The van der Waals surface area contributed by atoms with Crippen molar-refractivity contribution < 1.29 is 23.3 Å². The highest BCUT2D eigenvalue weighted by Crippen LogP contribution is 2.38. The number of alkyl halides is 1. The lowest BCUT2D eigenvalue weighted by Crippen LogP contribution is -2.47. The predicted molar refractivity (Wildman–Crippen MR) is 122 cm³/mol. The second-order valence-electron chi connectivity index (χ2n) is 9.11. The Bertz CT molecular complexity index is 1100. The number of nitrogens with one attached hydrogen (secondary N) is 1. The summed E-state index contributed by atoms with van der Waals surface area (Å²) in [7, 11) is 0. The molecule has 3 atom stereocenters. The first kappa shape index (κ1) is 23.0. The number of piperidine rings is 1. The third kappa shape index (κ3) is 4.46. The van der Waals surface area contributed by atoms with E-state index in [1.165, 1.54) is 24.4 Å². The normalized spacial score (nSPS) is 24.7. The van der Waals surface area contributed by atoms with E-state index in [9.17, 15) is 13.6 Å². The highest BCUT2D eigenvalue weighted by molar-refractivity contribution is 6.30. The minimum atomic E-state index is -0.468. The molecule has 2 aromatic rings. The maximum atomic E-state index is 14.1. The van der Waals surface area contributed by atoms with E-state index in [4.69, 9.17) is 22.1 Å². The number of hydrogen-bond acceptors (Lipinski definition) is 5. The maximum absolute atomic E-state index is 14.1. The summed E-state index contributed by atoms with van der Waals surface area (Å²) in [5.41, 5.74) is 7.75. The van der Waals surface area contributed by atoms with E-state index in [2.05, 4.69) is 14.9 Å². The molecule has 4 heterocycles. The molecule has 5 rings (SSSR count). The van der Waals surface area contributed by atoms with Crippen molar-refractivity contribution in [3.63, 3.8) is 0 Å². The number of carbonyl (C=O) groups excluding carboxylic acids is 1. The summed E-state index contributed by atoms with van der Waals surface area (Å²) in [6, 6.07) is 4.52. The van der Waals surface area contributed by atoms with Crippen LogP contribution in [0.15, 0.2) is 36.3 Å². The highest BCUT2D eigenvalue weighted by Gasteiger charge is 2.41. The molecule has 1 aromatic heterocycles. The number of hydrogen-bond donors (Lipinski definition) is 1. The summed E-state index contributed by atoms with van der Waals surface area (Å²) in [5, 5.41) is 0.464. The highest BCUT2D eigenvalue weighted by atomic mass is 35.5. The molecule has 10 heteroatoms. The molecule has 2 fully saturated rings. The number of carbonyl (C=O) groups is 1. The zero-order valence-corrected chi connectivity index (χ0v) is 19.4. The van der Waals surface area contributed by atoms with Gasteiger partial charge in [0.05, 0.1) is 24.2 Å². The minimum Gasteiger partial charge on any atom is -0.489 e. The number of aromatic amines is 1. The van der Waals surface area contributed by atoms with E-state index in [0.717, 1.165) is 25.7 Å². The van der Waals surface area contributed by atoms with Gasteiger partial charge in [-0.2, -0.15) is 0 Å². The molecule has 2 saturated heterocycles.